The summed E-state index contributed by atoms with van der Waals surface area (Å²) >= 11 is 1.52. The van der Waals surface area contributed by atoms with Gasteiger partial charge in [-0.1, -0.05) is 6.07 Å². The Morgan fingerprint density at radius 1 is 1.32 bits per heavy atom. The molecule has 0 radical (unpaired) electrons. The van der Waals surface area contributed by atoms with Gasteiger partial charge in [-0.05, 0) is 41.8 Å². The van der Waals surface area contributed by atoms with Crippen LogP contribution < -0.4 is 4.90 Å². The van der Waals surface area contributed by atoms with E-state index in [0.29, 0.717) is 17.6 Å². The molecule has 1 amide bonds. The molecule has 1 fully saturated rings. The lowest BCUT2D eigenvalue weighted by atomic mass is 10.1. The van der Waals surface area contributed by atoms with Crippen LogP contribution in [0.1, 0.15) is 34.8 Å². The smallest absolute Gasteiger partial charge is 0.266 e. The Labute approximate surface area is 130 Å². The Morgan fingerprint density at radius 3 is 2.91 bits per heavy atom. The topological polar surface area (TPSA) is 74.8 Å². The van der Waals surface area contributed by atoms with Crippen molar-refractivity contribution in [1.82, 2.24) is 20.2 Å². The first-order valence-electron chi connectivity index (χ1n) is 7.01. The van der Waals surface area contributed by atoms with E-state index in [-0.39, 0.29) is 5.91 Å². The summed E-state index contributed by atoms with van der Waals surface area (Å²) in [6.45, 7) is 0. The van der Waals surface area contributed by atoms with Crippen LogP contribution in [0.4, 0.5) is 11.6 Å². The minimum Gasteiger partial charge on any atom is -0.266 e. The molecule has 0 aliphatic heterocycles. The molecule has 0 unspecified atom stereocenters. The Hall–Kier alpha value is -2.54. The summed E-state index contributed by atoms with van der Waals surface area (Å²) in [6.07, 6.45) is 5.28. The molecule has 0 saturated heterocycles. The lowest BCUT2D eigenvalue weighted by molar-refractivity contribution is 0.0992. The number of hydrogen-bond acceptors (Lipinski definition) is 5. The maximum atomic E-state index is 13.1. The van der Waals surface area contributed by atoms with Gasteiger partial charge in [0.15, 0.2) is 0 Å². The largest absolute Gasteiger partial charge is 0.284 e. The first-order valence-corrected chi connectivity index (χ1v) is 7.96. The molecule has 6 nitrogen and oxygen atoms in total. The second kappa shape index (κ2) is 5.34. The maximum Gasteiger partial charge on any atom is 0.284 e. The molecular weight excluding hydrogens is 298 g/mol. The van der Waals surface area contributed by atoms with Crippen LogP contribution in [0.2, 0.25) is 0 Å². The first-order chi connectivity index (χ1) is 10.8. The predicted molar refractivity (Wildman–Crippen MR) is 83.4 cm³/mol. The fraction of sp³-hybridized carbons (Fsp3) is 0.200. The third-order valence-corrected chi connectivity index (χ3v) is 4.31. The summed E-state index contributed by atoms with van der Waals surface area (Å²) in [5.74, 6) is 0.667. The lowest BCUT2D eigenvalue weighted by Crippen LogP contribution is -2.28. The van der Waals surface area contributed by atoms with Crippen molar-refractivity contribution in [3.63, 3.8) is 0 Å². The van der Waals surface area contributed by atoms with Gasteiger partial charge in [-0.2, -0.15) is 21.4 Å². The number of aromatic amines is 1. The molecule has 0 atom stereocenters. The summed E-state index contributed by atoms with van der Waals surface area (Å²) in [6, 6.07) is 5.75. The number of pyridine rings is 1. The molecule has 7 heteroatoms. The monoisotopic (exact) mass is 311 g/mol. The molecule has 0 spiro atoms. The van der Waals surface area contributed by atoms with E-state index in [2.05, 4.69) is 20.2 Å². The van der Waals surface area contributed by atoms with Gasteiger partial charge in [0.1, 0.15) is 12.0 Å². The van der Waals surface area contributed by atoms with Crippen LogP contribution in [0.5, 0.6) is 0 Å². The number of carbonyl (C=O) groups is 1. The quantitative estimate of drug-likeness (QED) is 0.803. The van der Waals surface area contributed by atoms with Crippen molar-refractivity contribution in [2.75, 3.05) is 4.90 Å². The number of anilines is 2. The molecule has 3 aromatic heterocycles. The van der Waals surface area contributed by atoms with Crippen molar-refractivity contribution in [1.29, 1.82) is 0 Å². The highest BCUT2D eigenvalue weighted by molar-refractivity contribution is 7.08. The number of thiophene rings is 1. The third-order valence-electron chi connectivity index (χ3n) is 3.64. The van der Waals surface area contributed by atoms with Crippen LogP contribution in [0, 0.1) is 0 Å². The van der Waals surface area contributed by atoms with Gasteiger partial charge in [-0.3, -0.25) is 9.78 Å². The van der Waals surface area contributed by atoms with E-state index in [4.69, 9.17) is 0 Å². The Balaban J connectivity index is 1.79. The number of nitrogens with one attached hydrogen (secondary N) is 1. The van der Waals surface area contributed by atoms with Gasteiger partial charge in [0.2, 0.25) is 5.95 Å². The Bertz CT molecular complexity index is 746. The minimum absolute atomic E-state index is 0.183. The van der Waals surface area contributed by atoms with Crippen molar-refractivity contribution in [2.24, 2.45) is 0 Å². The van der Waals surface area contributed by atoms with E-state index in [9.17, 15) is 4.79 Å². The highest BCUT2D eigenvalue weighted by Gasteiger charge is 2.32. The molecule has 1 aliphatic rings. The molecule has 4 rings (SSSR count). The average Bonchev–Trinajstić information content (AvgIpc) is 3.01. The van der Waals surface area contributed by atoms with Crippen LogP contribution in [0.3, 0.4) is 0 Å². The van der Waals surface area contributed by atoms with Gasteiger partial charge < -0.3 is 0 Å². The van der Waals surface area contributed by atoms with Crippen LogP contribution in [-0.2, 0) is 0 Å². The fourth-order valence-electron chi connectivity index (χ4n) is 2.45. The van der Waals surface area contributed by atoms with Crippen molar-refractivity contribution in [2.45, 2.75) is 18.8 Å². The van der Waals surface area contributed by atoms with Gasteiger partial charge in [0.05, 0.1) is 5.69 Å². The summed E-state index contributed by atoms with van der Waals surface area (Å²) in [7, 11) is 0. The summed E-state index contributed by atoms with van der Waals surface area (Å²) in [5.41, 5.74) is 2.28. The Morgan fingerprint density at radius 2 is 2.23 bits per heavy atom. The molecular formula is C15H13N5OS. The average molecular weight is 311 g/mol. The summed E-state index contributed by atoms with van der Waals surface area (Å²) < 4.78 is 0. The fourth-order valence-corrected chi connectivity index (χ4v) is 3.07. The van der Waals surface area contributed by atoms with E-state index in [1.165, 1.54) is 22.6 Å². The van der Waals surface area contributed by atoms with E-state index in [0.717, 1.165) is 24.1 Å². The molecule has 0 bridgehead atoms. The number of nitrogens with zero attached hydrogens (tertiary/aromatic N) is 4. The van der Waals surface area contributed by atoms with E-state index >= 15 is 0 Å². The highest BCUT2D eigenvalue weighted by atomic mass is 32.1. The second-order valence-corrected chi connectivity index (χ2v) is 5.93. The van der Waals surface area contributed by atoms with Crippen molar-refractivity contribution >= 4 is 28.9 Å². The van der Waals surface area contributed by atoms with Gasteiger partial charge in [0.25, 0.3) is 5.91 Å². The molecule has 3 aromatic rings. The zero-order chi connectivity index (χ0) is 14.9. The highest BCUT2D eigenvalue weighted by Crippen LogP contribution is 2.41. The zero-order valence-electron chi connectivity index (χ0n) is 11.6. The second-order valence-electron chi connectivity index (χ2n) is 5.15. The molecule has 3 heterocycles. The SMILES string of the molecule is O=C(c1ncccc1C1CC1)N(c1ccsc1)c1ncn[nH]1. The maximum absolute atomic E-state index is 13.1. The van der Waals surface area contributed by atoms with Gasteiger partial charge in [-0.15, -0.1) is 0 Å². The zero-order valence-corrected chi connectivity index (χ0v) is 12.5. The molecule has 1 aliphatic carbocycles. The molecule has 110 valence electrons. The van der Waals surface area contributed by atoms with E-state index < -0.39 is 0 Å². The van der Waals surface area contributed by atoms with Crippen LogP contribution in [0.15, 0.2) is 41.5 Å². The molecule has 1 saturated carbocycles. The van der Waals surface area contributed by atoms with Crippen LogP contribution >= 0.6 is 11.3 Å². The van der Waals surface area contributed by atoms with Crippen LogP contribution in [-0.4, -0.2) is 26.1 Å². The van der Waals surface area contributed by atoms with Crippen molar-refractivity contribution in [3.8, 4) is 0 Å². The number of carbonyl (C=O) groups excluding carboxylic acids is 1. The first kappa shape index (κ1) is 13.1. The predicted octanol–water partition coefficient (Wildman–Crippen LogP) is 3.12. The van der Waals surface area contributed by atoms with Crippen molar-refractivity contribution in [3.05, 3.63) is 52.7 Å². The van der Waals surface area contributed by atoms with Gasteiger partial charge in [-0.25, -0.2) is 10.00 Å². The van der Waals surface area contributed by atoms with E-state index in [1.54, 1.807) is 6.20 Å². The molecule has 1 N–H and O–H groups in total. The minimum atomic E-state index is -0.183. The number of hydrogen-bond donors (Lipinski definition) is 1. The van der Waals surface area contributed by atoms with Crippen molar-refractivity contribution < 1.29 is 4.79 Å². The summed E-state index contributed by atoms with van der Waals surface area (Å²) in [5, 5.41) is 10.4. The molecule has 22 heavy (non-hydrogen) atoms. The lowest BCUT2D eigenvalue weighted by Gasteiger charge is -2.19. The van der Waals surface area contributed by atoms with E-state index in [1.807, 2.05) is 29.0 Å². The number of rotatable bonds is 4. The normalized spacial score (nSPS) is 14.0. The summed E-state index contributed by atoms with van der Waals surface area (Å²) in [4.78, 5) is 23.1. The standard InChI is InChI=1S/C15H13N5OS/c21-14(13-12(10-3-4-10)2-1-6-16-13)20(11-5-7-22-8-11)15-17-9-18-19-15/h1-2,5-10H,3-4H2,(H,17,18,19). The number of aromatic nitrogens is 4. The van der Waals surface area contributed by atoms with Gasteiger partial charge in [0, 0.05) is 11.6 Å². The van der Waals surface area contributed by atoms with Gasteiger partial charge >= 0.3 is 0 Å². The Kier molecular flexibility index (Phi) is 3.19. The number of H-pyrrole nitrogens is 1. The number of amides is 1. The van der Waals surface area contributed by atoms with Crippen LogP contribution in [0.25, 0.3) is 0 Å². The molecule has 0 aromatic carbocycles. The third kappa shape index (κ3) is 2.29.